The lowest BCUT2D eigenvalue weighted by Gasteiger charge is -2.40. The minimum absolute atomic E-state index is 0.140. The second kappa shape index (κ2) is 7.30. The molecular weight excluding hydrogens is 252 g/mol. The Balaban J connectivity index is 2.21. The van der Waals surface area contributed by atoms with E-state index in [0.29, 0.717) is 6.54 Å². The summed E-state index contributed by atoms with van der Waals surface area (Å²) >= 11 is 0. The van der Waals surface area contributed by atoms with Gasteiger partial charge in [0.2, 0.25) is 0 Å². The van der Waals surface area contributed by atoms with Crippen LogP contribution in [0.25, 0.3) is 0 Å². The maximum absolute atomic E-state index is 11.6. The van der Waals surface area contributed by atoms with Crippen LogP contribution < -0.4 is 10.6 Å². The summed E-state index contributed by atoms with van der Waals surface area (Å²) in [6, 6.07) is -0.337. The summed E-state index contributed by atoms with van der Waals surface area (Å²) < 4.78 is 10.3. The summed E-state index contributed by atoms with van der Waals surface area (Å²) in [5, 5.41) is 14.0. The zero-order valence-corrected chi connectivity index (χ0v) is 11.4. The number of urea groups is 1. The van der Waals surface area contributed by atoms with E-state index in [1.54, 1.807) is 7.11 Å². The molecule has 1 atom stereocenters. The molecule has 1 aliphatic rings. The summed E-state index contributed by atoms with van der Waals surface area (Å²) in [4.78, 5) is 22.1. The summed E-state index contributed by atoms with van der Waals surface area (Å²) in [5.41, 5.74) is -0.223. The van der Waals surface area contributed by atoms with Crippen LogP contribution in [0.1, 0.15) is 25.7 Å². The Morgan fingerprint density at radius 3 is 2.42 bits per heavy atom. The molecule has 19 heavy (non-hydrogen) atoms. The normalized spacial score (nSPS) is 18.2. The zero-order chi connectivity index (χ0) is 14.3. The number of hydrogen-bond donors (Lipinski definition) is 3. The molecule has 1 unspecified atom stereocenters. The molecule has 0 aromatic rings. The minimum atomic E-state index is -0.957. The molecular formula is C12H22N2O5. The SMILES string of the molecule is COC(CNC(=O)NCC1(OC)CCC1)CC(=O)O. The third-order valence-corrected chi connectivity index (χ3v) is 3.49. The van der Waals surface area contributed by atoms with Crippen molar-refractivity contribution in [2.45, 2.75) is 37.4 Å². The van der Waals surface area contributed by atoms with Gasteiger partial charge in [0.05, 0.1) is 18.1 Å². The van der Waals surface area contributed by atoms with Crippen LogP contribution in [0.15, 0.2) is 0 Å². The van der Waals surface area contributed by atoms with Gasteiger partial charge in [0.25, 0.3) is 0 Å². The van der Waals surface area contributed by atoms with Crippen LogP contribution in [-0.2, 0) is 14.3 Å². The van der Waals surface area contributed by atoms with Gasteiger partial charge in [-0.15, -0.1) is 0 Å². The third-order valence-electron chi connectivity index (χ3n) is 3.49. The summed E-state index contributed by atoms with van der Waals surface area (Å²) in [6.45, 7) is 0.626. The number of carboxylic acid groups (broad SMARTS) is 1. The maximum Gasteiger partial charge on any atom is 0.314 e. The Labute approximate surface area is 112 Å². The van der Waals surface area contributed by atoms with Gasteiger partial charge in [-0.3, -0.25) is 4.79 Å². The monoisotopic (exact) mass is 274 g/mol. The van der Waals surface area contributed by atoms with E-state index in [1.807, 2.05) is 0 Å². The molecule has 110 valence electrons. The first-order valence-corrected chi connectivity index (χ1v) is 6.33. The molecule has 2 amide bonds. The second-order valence-corrected chi connectivity index (χ2v) is 4.76. The maximum atomic E-state index is 11.6. The predicted molar refractivity (Wildman–Crippen MR) is 68.0 cm³/mol. The number of ether oxygens (including phenoxy) is 2. The van der Waals surface area contributed by atoms with E-state index >= 15 is 0 Å². The van der Waals surface area contributed by atoms with Crippen LogP contribution in [-0.4, -0.2) is 56.1 Å². The van der Waals surface area contributed by atoms with E-state index in [4.69, 9.17) is 14.6 Å². The molecule has 7 heteroatoms. The largest absolute Gasteiger partial charge is 0.481 e. The van der Waals surface area contributed by atoms with Gasteiger partial charge < -0.3 is 25.2 Å². The summed E-state index contributed by atoms with van der Waals surface area (Å²) in [5.74, 6) is -0.957. The van der Waals surface area contributed by atoms with Crippen LogP contribution in [0.2, 0.25) is 0 Å². The van der Waals surface area contributed by atoms with E-state index in [1.165, 1.54) is 7.11 Å². The number of amides is 2. The van der Waals surface area contributed by atoms with E-state index in [-0.39, 0.29) is 24.6 Å². The zero-order valence-electron chi connectivity index (χ0n) is 11.4. The average molecular weight is 274 g/mol. The fourth-order valence-corrected chi connectivity index (χ4v) is 1.97. The number of carbonyl (C=O) groups is 2. The molecule has 3 N–H and O–H groups in total. The lowest BCUT2D eigenvalue weighted by Crippen LogP contribution is -2.52. The van der Waals surface area contributed by atoms with Crippen molar-refractivity contribution in [1.82, 2.24) is 10.6 Å². The molecule has 7 nitrogen and oxygen atoms in total. The number of carboxylic acids is 1. The number of aliphatic carboxylic acids is 1. The molecule has 0 radical (unpaired) electrons. The quantitative estimate of drug-likeness (QED) is 0.593. The van der Waals surface area contributed by atoms with Crippen molar-refractivity contribution < 1.29 is 24.2 Å². The van der Waals surface area contributed by atoms with Gasteiger partial charge in [-0.1, -0.05) is 0 Å². The van der Waals surface area contributed by atoms with E-state index in [2.05, 4.69) is 10.6 Å². The van der Waals surface area contributed by atoms with E-state index < -0.39 is 12.1 Å². The fraction of sp³-hybridized carbons (Fsp3) is 0.833. The van der Waals surface area contributed by atoms with Crippen LogP contribution in [0, 0.1) is 0 Å². The van der Waals surface area contributed by atoms with Crippen molar-refractivity contribution in [1.29, 1.82) is 0 Å². The highest BCUT2D eigenvalue weighted by atomic mass is 16.5. The lowest BCUT2D eigenvalue weighted by molar-refractivity contribution is -0.139. The highest BCUT2D eigenvalue weighted by Crippen LogP contribution is 2.34. The Kier molecular flexibility index (Phi) is 6.04. The van der Waals surface area contributed by atoms with Crippen molar-refractivity contribution in [3.05, 3.63) is 0 Å². The van der Waals surface area contributed by atoms with Crippen LogP contribution in [0.3, 0.4) is 0 Å². The number of methoxy groups -OCH3 is 2. The van der Waals surface area contributed by atoms with Gasteiger partial charge in [0, 0.05) is 27.3 Å². The number of rotatable bonds is 8. The van der Waals surface area contributed by atoms with Crippen molar-refractivity contribution in [2.75, 3.05) is 27.3 Å². The number of carbonyl (C=O) groups excluding carboxylic acids is 1. The molecule has 0 spiro atoms. The van der Waals surface area contributed by atoms with E-state index in [0.717, 1.165) is 19.3 Å². The molecule has 1 rings (SSSR count). The predicted octanol–water partition coefficient (Wildman–Crippen LogP) is 0.344. The number of hydrogen-bond acceptors (Lipinski definition) is 4. The Bertz CT molecular complexity index is 312. The molecule has 1 fully saturated rings. The lowest BCUT2D eigenvalue weighted by atomic mass is 9.80. The molecule has 0 heterocycles. The van der Waals surface area contributed by atoms with Crippen LogP contribution in [0.4, 0.5) is 4.79 Å². The molecule has 0 aromatic carbocycles. The topological polar surface area (TPSA) is 96.9 Å². The first-order chi connectivity index (χ1) is 9.01. The van der Waals surface area contributed by atoms with Gasteiger partial charge in [-0.25, -0.2) is 4.79 Å². The highest BCUT2D eigenvalue weighted by molar-refractivity contribution is 5.74. The first-order valence-electron chi connectivity index (χ1n) is 6.33. The van der Waals surface area contributed by atoms with Crippen LogP contribution in [0.5, 0.6) is 0 Å². The van der Waals surface area contributed by atoms with Gasteiger partial charge in [-0.05, 0) is 19.3 Å². The van der Waals surface area contributed by atoms with Crippen molar-refractivity contribution >= 4 is 12.0 Å². The fourth-order valence-electron chi connectivity index (χ4n) is 1.97. The first kappa shape index (κ1) is 15.7. The van der Waals surface area contributed by atoms with E-state index in [9.17, 15) is 9.59 Å². The Morgan fingerprint density at radius 2 is 2.00 bits per heavy atom. The van der Waals surface area contributed by atoms with Gasteiger partial charge in [0.1, 0.15) is 0 Å². The molecule has 0 aromatic heterocycles. The highest BCUT2D eigenvalue weighted by Gasteiger charge is 2.37. The average Bonchev–Trinajstić information content (AvgIpc) is 2.33. The summed E-state index contributed by atoms with van der Waals surface area (Å²) in [7, 11) is 3.06. The number of nitrogens with one attached hydrogen (secondary N) is 2. The summed E-state index contributed by atoms with van der Waals surface area (Å²) in [6.07, 6.45) is 2.34. The molecule has 1 aliphatic carbocycles. The van der Waals surface area contributed by atoms with Crippen molar-refractivity contribution in [3.8, 4) is 0 Å². The standard InChI is InChI=1S/C12H22N2O5/c1-18-9(6-10(15)16)7-13-11(17)14-8-12(19-2)4-3-5-12/h9H,3-8H2,1-2H3,(H,15,16)(H2,13,14,17). The van der Waals surface area contributed by atoms with Gasteiger partial charge in [-0.2, -0.15) is 0 Å². The van der Waals surface area contributed by atoms with Crippen molar-refractivity contribution in [2.24, 2.45) is 0 Å². The molecule has 0 bridgehead atoms. The van der Waals surface area contributed by atoms with Crippen molar-refractivity contribution in [3.63, 3.8) is 0 Å². The second-order valence-electron chi connectivity index (χ2n) is 4.76. The smallest absolute Gasteiger partial charge is 0.314 e. The van der Waals surface area contributed by atoms with Gasteiger partial charge in [0.15, 0.2) is 0 Å². The Morgan fingerprint density at radius 1 is 1.32 bits per heavy atom. The Hall–Kier alpha value is -1.34. The molecule has 1 saturated carbocycles. The molecule has 0 aliphatic heterocycles. The van der Waals surface area contributed by atoms with Crippen LogP contribution >= 0.6 is 0 Å². The molecule has 0 saturated heterocycles. The van der Waals surface area contributed by atoms with Gasteiger partial charge >= 0.3 is 12.0 Å². The minimum Gasteiger partial charge on any atom is -0.481 e. The third kappa shape index (κ3) is 5.04.